The zero-order valence-electron chi connectivity index (χ0n) is 8.65. The Morgan fingerprint density at radius 2 is 2.13 bits per heavy atom. The Balaban J connectivity index is 3.03. The van der Waals surface area contributed by atoms with Crippen molar-refractivity contribution in [3.63, 3.8) is 0 Å². The average Bonchev–Trinajstić information content (AvgIpc) is 2.25. The van der Waals surface area contributed by atoms with Gasteiger partial charge in [-0.2, -0.15) is 0 Å². The quantitative estimate of drug-likeness (QED) is 0.457. The van der Waals surface area contributed by atoms with Gasteiger partial charge in [0, 0.05) is 12.8 Å². The normalized spacial score (nSPS) is 9.73. The van der Waals surface area contributed by atoms with E-state index in [9.17, 15) is 4.79 Å². The molecule has 0 spiro atoms. The summed E-state index contributed by atoms with van der Waals surface area (Å²) >= 11 is 0. The number of esters is 1. The van der Waals surface area contributed by atoms with Gasteiger partial charge in [-0.3, -0.25) is 0 Å². The van der Waals surface area contributed by atoms with Gasteiger partial charge in [0.05, 0.1) is 7.11 Å². The van der Waals surface area contributed by atoms with E-state index in [-0.39, 0.29) is 12.4 Å². The van der Waals surface area contributed by atoms with Crippen LogP contribution in [0.15, 0.2) is 18.2 Å². The minimum atomic E-state index is -0.529. The van der Waals surface area contributed by atoms with Crippen molar-refractivity contribution in [3.05, 3.63) is 23.8 Å². The van der Waals surface area contributed by atoms with Gasteiger partial charge >= 0.3 is 5.97 Å². The zero-order valence-corrected chi connectivity index (χ0v) is 8.65. The second-order valence-corrected chi connectivity index (χ2v) is 2.76. The lowest BCUT2D eigenvalue weighted by molar-refractivity contribution is 0.0466. The summed E-state index contributed by atoms with van der Waals surface area (Å²) in [6.07, 6.45) is 0. The summed E-state index contributed by atoms with van der Waals surface area (Å²) in [5.41, 5.74) is 6.18. The first-order chi connectivity index (χ1) is 7.20. The van der Waals surface area contributed by atoms with Gasteiger partial charge in [0.15, 0.2) is 6.79 Å². The fourth-order valence-corrected chi connectivity index (χ4v) is 1.11. The first-order valence-electron chi connectivity index (χ1n) is 4.29. The van der Waals surface area contributed by atoms with Crippen LogP contribution >= 0.6 is 0 Å². The molecule has 5 heteroatoms. The Morgan fingerprint density at radius 1 is 1.40 bits per heavy atom. The van der Waals surface area contributed by atoms with Crippen LogP contribution in [-0.4, -0.2) is 27.0 Å². The highest BCUT2D eigenvalue weighted by Crippen LogP contribution is 2.25. The maximum atomic E-state index is 11.4. The molecule has 1 rings (SSSR count). The van der Waals surface area contributed by atoms with Crippen molar-refractivity contribution in [2.24, 2.45) is 0 Å². The summed E-state index contributed by atoms with van der Waals surface area (Å²) in [6, 6.07) is 4.92. The summed E-state index contributed by atoms with van der Waals surface area (Å²) in [5, 5.41) is 0. The largest absolute Gasteiger partial charge is 0.467 e. The maximum Gasteiger partial charge on any atom is 0.343 e. The molecule has 1 aromatic rings. The molecule has 5 nitrogen and oxygen atoms in total. The van der Waals surface area contributed by atoms with Crippen molar-refractivity contribution in [1.29, 1.82) is 0 Å². The van der Waals surface area contributed by atoms with Crippen molar-refractivity contribution in [2.75, 3.05) is 26.7 Å². The SMILES string of the molecule is COCOc1cccc(N)c1C(=O)OC. The van der Waals surface area contributed by atoms with E-state index in [0.717, 1.165) is 0 Å². The van der Waals surface area contributed by atoms with E-state index < -0.39 is 5.97 Å². The van der Waals surface area contributed by atoms with Gasteiger partial charge in [-0.05, 0) is 12.1 Å². The van der Waals surface area contributed by atoms with Gasteiger partial charge in [-0.25, -0.2) is 4.79 Å². The number of nitrogen functional groups attached to an aromatic ring is 1. The molecule has 2 N–H and O–H groups in total. The number of carbonyl (C=O) groups is 1. The van der Waals surface area contributed by atoms with Gasteiger partial charge in [-0.15, -0.1) is 0 Å². The van der Waals surface area contributed by atoms with Gasteiger partial charge in [-0.1, -0.05) is 6.07 Å². The van der Waals surface area contributed by atoms with Crippen LogP contribution in [-0.2, 0) is 9.47 Å². The number of hydrogen-bond acceptors (Lipinski definition) is 5. The topological polar surface area (TPSA) is 70.8 Å². The average molecular weight is 211 g/mol. The van der Waals surface area contributed by atoms with Crippen LogP contribution < -0.4 is 10.5 Å². The Kier molecular flexibility index (Phi) is 3.93. The smallest absolute Gasteiger partial charge is 0.343 e. The fraction of sp³-hybridized carbons (Fsp3) is 0.300. The van der Waals surface area contributed by atoms with Crippen LogP contribution in [0.5, 0.6) is 5.75 Å². The van der Waals surface area contributed by atoms with Crippen molar-refractivity contribution < 1.29 is 19.0 Å². The third-order valence-corrected chi connectivity index (χ3v) is 1.78. The third kappa shape index (κ3) is 2.60. The van der Waals surface area contributed by atoms with Crippen LogP contribution in [0.4, 0.5) is 5.69 Å². The summed E-state index contributed by atoms with van der Waals surface area (Å²) in [4.78, 5) is 11.4. The van der Waals surface area contributed by atoms with Crippen molar-refractivity contribution in [2.45, 2.75) is 0 Å². The summed E-state index contributed by atoms with van der Waals surface area (Å²) in [7, 11) is 2.78. The van der Waals surface area contributed by atoms with E-state index in [1.807, 2.05) is 0 Å². The minimum Gasteiger partial charge on any atom is -0.467 e. The molecule has 0 aromatic heterocycles. The molecule has 0 aliphatic heterocycles. The molecule has 0 radical (unpaired) electrons. The van der Waals surface area contributed by atoms with E-state index in [1.165, 1.54) is 14.2 Å². The molecular weight excluding hydrogens is 198 g/mol. The molecule has 0 unspecified atom stereocenters. The standard InChI is InChI=1S/C10H13NO4/c1-13-6-15-8-5-3-4-7(11)9(8)10(12)14-2/h3-5H,6,11H2,1-2H3. The van der Waals surface area contributed by atoms with E-state index in [0.29, 0.717) is 11.4 Å². The second-order valence-electron chi connectivity index (χ2n) is 2.76. The Bertz CT molecular complexity index is 351. The molecule has 15 heavy (non-hydrogen) atoms. The van der Waals surface area contributed by atoms with Crippen LogP contribution in [0.3, 0.4) is 0 Å². The lowest BCUT2D eigenvalue weighted by atomic mass is 10.1. The molecule has 0 aliphatic carbocycles. The van der Waals surface area contributed by atoms with Crippen LogP contribution in [0.2, 0.25) is 0 Å². The molecule has 82 valence electrons. The summed E-state index contributed by atoms with van der Waals surface area (Å²) in [6.45, 7) is 0.0491. The molecule has 0 fully saturated rings. The van der Waals surface area contributed by atoms with E-state index in [4.69, 9.17) is 15.2 Å². The number of carbonyl (C=O) groups excluding carboxylic acids is 1. The number of anilines is 1. The third-order valence-electron chi connectivity index (χ3n) is 1.78. The van der Waals surface area contributed by atoms with E-state index in [2.05, 4.69) is 4.74 Å². The molecule has 0 bridgehead atoms. The molecule has 0 atom stereocenters. The minimum absolute atomic E-state index is 0.0491. The van der Waals surface area contributed by atoms with Crippen molar-refractivity contribution in [3.8, 4) is 5.75 Å². The number of benzene rings is 1. The highest BCUT2D eigenvalue weighted by molar-refractivity contribution is 5.98. The van der Waals surface area contributed by atoms with E-state index in [1.54, 1.807) is 18.2 Å². The number of ether oxygens (including phenoxy) is 3. The predicted molar refractivity (Wildman–Crippen MR) is 54.7 cm³/mol. The lowest BCUT2D eigenvalue weighted by Crippen LogP contribution is -2.10. The van der Waals surface area contributed by atoms with Crippen LogP contribution in [0.25, 0.3) is 0 Å². The first-order valence-corrected chi connectivity index (χ1v) is 4.29. The highest BCUT2D eigenvalue weighted by Gasteiger charge is 2.16. The number of nitrogens with two attached hydrogens (primary N) is 1. The van der Waals surface area contributed by atoms with Crippen LogP contribution in [0, 0.1) is 0 Å². The number of hydrogen-bond donors (Lipinski definition) is 1. The fourth-order valence-electron chi connectivity index (χ4n) is 1.11. The molecule has 0 amide bonds. The summed E-state index contributed by atoms with van der Waals surface area (Å²) < 4.78 is 14.5. The van der Waals surface area contributed by atoms with Crippen molar-refractivity contribution >= 4 is 11.7 Å². The summed E-state index contributed by atoms with van der Waals surface area (Å²) in [5.74, 6) is -0.178. The maximum absolute atomic E-state index is 11.4. The van der Waals surface area contributed by atoms with Gasteiger partial charge < -0.3 is 19.9 Å². The lowest BCUT2D eigenvalue weighted by Gasteiger charge is -2.10. The number of rotatable bonds is 4. The van der Waals surface area contributed by atoms with Gasteiger partial charge in [0.25, 0.3) is 0 Å². The highest BCUT2D eigenvalue weighted by atomic mass is 16.7. The molecular formula is C10H13NO4. The Morgan fingerprint density at radius 3 is 2.73 bits per heavy atom. The monoisotopic (exact) mass is 211 g/mol. The van der Waals surface area contributed by atoms with Crippen molar-refractivity contribution in [1.82, 2.24) is 0 Å². The zero-order chi connectivity index (χ0) is 11.3. The number of methoxy groups -OCH3 is 2. The molecule has 0 heterocycles. The molecule has 0 saturated heterocycles. The Labute approximate surface area is 87.7 Å². The second kappa shape index (κ2) is 5.21. The van der Waals surface area contributed by atoms with E-state index >= 15 is 0 Å². The molecule has 0 saturated carbocycles. The Hall–Kier alpha value is -1.75. The van der Waals surface area contributed by atoms with Crippen LogP contribution in [0.1, 0.15) is 10.4 Å². The van der Waals surface area contributed by atoms with Gasteiger partial charge in [0.2, 0.25) is 0 Å². The first kappa shape index (κ1) is 11.3. The molecule has 0 aliphatic rings. The van der Waals surface area contributed by atoms with Gasteiger partial charge in [0.1, 0.15) is 11.3 Å². The molecule has 1 aromatic carbocycles. The predicted octanol–water partition coefficient (Wildman–Crippen LogP) is 1.04.